The molecule has 0 radical (unpaired) electrons. The number of hydrogen-bond donors (Lipinski definition) is 0. The van der Waals surface area contributed by atoms with Gasteiger partial charge in [-0.15, -0.1) is 82.9 Å². The molecule has 0 bridgehead atoms. The monoisotopic (exact) mass is 1090 g/mol. The van der Waals surface area contributed by atoms with Crippen molar-refractivity contribution in [2.45, 2.75) is 66.2 Å². The minimum Gasteiger partial charge on any atom is -0.345 e. The maximum absolute atomic E-state index is 15.1. The van der Waals surface area contributed by atoms with Gasteiger partial charge in [-0.25, -0.2) is 0 Å². The number of nitrogens with zero attached hydrogens (tertiary/aromatic N) is 2. The summed E-state index contributed by atoms with van der Waals surface area (Å²) < 4.78 is 15.1. The van der Waals surface area contributed by atoms with E-state index in [9.17, 15) is 0 Å². The minimum atomic E-state index is -3.10. The van der Waals surface area contributed by atoms with Crippen LogP contribution >= 0.6 is 7.14 Å². The van der Waals surface area contributed by atoms with Crippen LogP contribution < -0.4 is 20.8 Å². The first-order chi connectivity index (χ1) is 32.2. The van der Waals surface area contributed by atoms with Gasteiger partial charge in [0.25, 0.3) is 0 Å². The molecular formula is C63H58AuN2OP. The van der Waals surface area contributed by atoms with Gasteiger partial charge >= 0.3 is 22.4 Å². The number of anilines is 3. The molecular weight excluding hydrogens is 1030 g/mol. The molecule has 0 aliphatic carbocycles. The predicted molar refractivity (Wildman–Crippen MR) is 284 cm³/mol. The summed E-state index contributed by atoms with van der Waals surface area (Å²) in [5, 5.41) is 2.48. The predicted octanol–water partition coefficient (Wildman–Crippen LogP) is 15.5. The molecule has 3 nitrogen and oxygen atoms in total. The Bertz CT molecular complexity index is 2850. The average Bonchev–Trinajstić information content (AvgIpc) is 3.35. The Labute approximate surface area is 420 Å². The van der Waals surface area contributed by atoms with Gasteiger partial charge in [0.1, 0.15) is 0 Å². The van der Waals surface area contributed by atoms with E-state index < -0.39 is 7.14 Å². The third kappa shape index (κ3) is 11.5. The van der Waals surface area contributed by atoms with Crippen molar-refractivity contribution in [1.82, 2.24) is 4.98 Å². The van der Waals surface area contributed by atoms with E-state index in [4.69, 9.17) is 4.98 Å². The van der Waals surface area contributed by atoms with Crippen LogP contribution in [-0.2, 0) is 37.8 Å². The topological polar surface area (TPSA) is 33.2 Å². The quantitative estimate of drug-likeness (QED) is 0.0820. The third-order valence-corrected chi connectivity index (χ3v) is 15.2. The molecule has 0 spiro atoms. The number of hydrogen-bond acceptors (Lipinski definition) is 3. The molecule has 1 heterocycles. The van der Waals surface area contributed by atoms with E-state index in [0.29, 0.717) is 0 Å². The van der Waals surface area contributed by atoms with Crippen LogP contribution in [0.3, 0.4) is 0 Å². The maximum Gasteiger partial charge on any atom is 3.00 e. The number of benzene rings is 8. The summed E-state index contributed by atoms with van der Waals surface area (Å²) in [5.74, 6) is 0. The van der Waals surface area contributed by atoms with Crippen LogP contribution in [0, 0.1) is 32.0 Å². The van der Waals surface area contributed by atoms with Crippen molar-refractivity contribution >= 4 is 40.1 Å². The van der Waals surface area contributed by atoms with Crippen LogP contribution in [0.1, 0.15) is 63.8 Å². The van der Waals surface area contributed by atoms with Gasteiger partial charge in [-0.05, 0) is 71.5 Å². The summed E-state index contributed by atoms with van der Waals surface area (Å²) in [5.41, 5.74) is 13.9. The summed E-state index contributed by atoms with van der Waals surface area (Å²) in [6.45, 7) is 17.4. The van der Waals surface area contributed by atoms with Gasteiger partial charge in [-0.1, -0.05) is 180 Å². The SMILES string of the molecule is Cc1ccc(P(=O)(c2ccc(C)cc2)c2ccc(-c3cc(-c4[c-]cc(C(C)(C)C)cc4)nc(-c4[c-]cc(C(C)(C)C)cc4)c3)cc2)cc1.[Au+3].[c-]1ccc(N(c2ccccc2)c2ccccc2)cc1. The van der Waals surface area contributed by atoms with E-state index in [2.05, 4.69) is 200 Å². The zero-order valence-electron chi connectivity index (χ0n) is 40.2. The van der Waals surface area contributed by atoms with E-state index >= 15 is 4.57 Å². The summed E-state index contributed by atoms with van der Waals surface area (Å²) >= 11 is 0. The fourth-order valence-corrected chi connectivity index (χ4v) is 10.6. The molecule has 0 amide bonds. The molecule has 0 fully saturated rings. The molecule has 5 heteroatoms. The van der Waals surface area contributed by atoms with Gasteiger partial charge in [-0.2, -0.15) is 18.2 Å². The van der Waals surface area contributed by atoms with Crippen LogP contribution in [0.2, 0.25) is 0 Å². The molecule has 8 aromatic carbocycles. The van der Waals surface area contributed by atoms with Crippen LogP contribution in [0.4, 0.5) is 17.1 Å². The fraction of sp³-hybridized carbons (Fsp3) is 0.159. The Morgan fingerprint density at radius 2 is 0.838 bits per heavy atom. The Balaban J connectivity index is 0.000000285. The van der Waals surface area contributed by atoms with Gasteiger partial charge in [0, 0.05) is 27.3 Å². The summed E-state index contributed by atoms with van der Waals surface area (Å²) in [7, 11) is -3.10. The summed E-state index contributed by atoms with van der Waals surface area (Å²) in [4.78, 5) is 7.36. The van der Waals surface area contributed by atoms with Gasteiger partial charge in [0.15, 0.2) is 7.14 Å². The first-order valence-electron chi connectivity index (χ1n) is 23.0. The van der Waals surface area contributed by atoms with Gasteiger partial charge in [0.05, 0.1) is 0 Å². The molecule has 0 unspecified atom stereocenters. The van der Waals surface area contributed by atoms with Crippen LogP contribution in [0.15, 0.2) is 206 Å². The minimum absolute atomic E-state index is 0. The molecule has 9 rings (SSSR count). The second-order valence-corrected chi connectivity index (χ2v) is 22.0. The van der Waals surface area contributed by atoms with Crippen molar-refractivity contribution in [1.29, 1.82) is 0 Å². The van der Waals surface area contributed by atoms with E-state index in [1.807, 2.05) is 84.9 Å². The third-order valence-electron chi connectivity index (χ3n) is 12.1. The normalized spacial score (nSPS) is 11.5. The van der Waals surface area contributed by atoms with Gasteiger partial charge in [0.2, 0.25) is 0 Å². The summed E-state index contributed by atoms with van der Waals surface area (Å²) in [6.07, 6.45) is 0. The zero-order valence-corrected chi connectivity index (χ0v) is 43.2. The second-order valence-electron chi connectivity index (χ2n) is 19.2. The van der Waals surface area contributed by atoms with Crippen LogP contribution in [0.5, 0.6) is 0 Å². The maximum atomic E-state index is 15.1. The zero-order chi connectivity index (χ0) is 47.2. The largest absolute Gasteiger partial charge is 3.00 e. The van der Waals surface area contributed by atoms with Crippen LogP contribution in [-0.4, -0.2) is 4.98 Å². The molecule has 0 atom stereocenters. The number of rotatable bonds is 9. The van der Waals surface area contributed by atoms with Crippen molar-refractivity contribution < 1.29 is 26.9 Å². The standard InChI is InChI=1S/C45H44NOP.C18H14N.Au/c1-31-9-23-39(24-10-31)48(47,40-25-11-32(2)12-26-40)41-27-17-33(18-28-41)36-29-42(34-13-19-37(20-14-34)44(3,4)5)46-43(30-36)35-15-21-38(22-16-35)45(6,7)8;1-4-10-16(11-5-1)19(17-12-6-2-7-13-17)18-14-8-3-9-15-18;/h9-13,15,17-30H,1-8H3;1-2,4-15H;/q-2;-1;+3. The number of pyridine rings is 1. The number of para-hydroxylation sites is 2. The molecule has 1 aromatic heterocycles. The Hall–Kier alpha value is -6.32. The molecule has 0 saturated heterocycles. The Kier molecular flexibility index (Phi) is 15.5. The van der Waals surface area contributed by atoms with Crippen molar-refractivity contribution in [2.24, 2.45) is 0 Å². The molecule has 0 saturated carbocycles. The first-order valence-corrected chi connectivity index (χ1v) is 24.7. The molecule has 0 aliphatic heterocycles. The second kappa shape index (κ2) is 21.3. The summed E-state index contributed by atoms with van der Waals surface area (Å²) in [6, 6.07) is 80.3. The Morgan fingerprint density at radius 1 is 0.456 bits per heavy atom. The van der Waals surface area contributed by atoms with Gasteiger partial charge < -0.3 is 14.4 Å². The van der Waals surface area contributed by atoms with Crippen molar-refractivity contribution in [2.75, 3.05) is 4.90 Å². The number of aryl methyl sites for hydroxylation is 2. The fourth-order valence-electron chi connectivity index (χ4n) is 8.02. The smallest absolute Gasteiger partial charge is 0.345 e. The van der Waals surface area contributed by atoms with Gasteiger partial charge in [-0.3, -0.25) is 0 Å². The van der Waals surface area contributed by atoms with Crippen molar-refractivity contribution in [3.8, 4) is 33.6 Å². The van der Waals surface area contributed by atoms with Crippen molar-refractivity contribution in [3.63, 3.8) is 0 Å². The molecule has 68 heavy (non-hydrogen) atoms. The average molecular weight is 1090 g/mol. The van der Waals surface area contributed by atoms with E-state index in [1.54, 1.807) is 0 Å². The van der Waals surface area contributed by atoms with Crippen molar-refractivity contribution in [3.05, 3.63) is 247 Å². The van der Waals surface area contributed by atoms with E-state index in [1.165, 1.54) is 11.1 Å². The van der Waals surface area contributed by atoms with E-state index in [-0.39, 0.29) is 33.2 Å². The van der Waals surface area contributed by atoms with E-state index in [0.717, 1.165) is 77.7 Å². The van der Waals surface area contributed by atoms with Crippen LogP contribution in [0.25, 0.3) is 33.6 Å². The molecule has 0 aliphatic rings. The number of aromatic nitrogens is 1. The molecule has 9 aromatic rings. The first kappa shape index (κ1) is 49.6. The Morgan fingerprint density at radius 3 is 1.21 bits per heavy atom. The molecule has 0 N–H and O–H groups in total. The molecule has 342 valence electrons.